The van der Waals surface area contributed by atoms with Gasteiger partial charge in [-0.05, 0) is 31.2 Å². The third-order valence-electron chi connectivity index (χ3n) is 5.09. The van der Waals surface area contributed by atoms with Gasteiger partial charge in [0.25, 0.3) is 0 Å². The van der Waals surface area contributed by atoms with Crippen LogP contribution in [0.3, 0.4) is 0 Å². The number of rotatable bonds is 4. The average Bonchev–Trinajstić information content (AvgIpc) is 3.35. The van der Waals surface area contributed by atoms with Gasteiger partial charge in [-0.15, -0.1) is 5.10 Å². The van der Waals surface area contributed by atoms with E-state index in [9.17, 15) is 4.39 Å². The van der Waals surface area contributed by atoms with Gasteiger partial charge in [0.15, 0.2) is 0 Å². The van der Waals surface area contributed by atoms with Crippen molar-refractivity contribution in [2.75, 3.05) is 25.5 Å². The summed E-state index contributed by atoms with van der Waals surface area (Å²) in [6.07, 6.45) is 7.21. The lowest BCUT2D eigenvalue weighted by Gasteiger charge is -2.27. The molecule has 0 bridgehead atoms. The second-order valence-corrected chi connectivity index (χ2v) is 6.84. The summed E-state index contributed by atoms with van der Waals surface area (Å²) in [5, 5.41) is 10.7. The highest BCUT2D eigenvalue weighted by atomic mass is 19.1. The van der Waals surface area contributed by atoms with Gasteiger partial charge in [-0.2, -0.15) is 4.98 Å². The van der Waals surface area contributed by atoms with Crippen molar-refractivity contribution < 1.29 is 9.13 Å². The van der Waals surface area contributed by atoms with E-state index in [4.69, 9.17) is 4.74 Å². The predicted octanol–water partition coefficient (Wildman–Crippen LogP) is 2.16. The Morgan fingerprint density at radius 2 is 2.21 bits per heavy atom. The number of hydrogen-bond acceptors (Lipinski definition) is 6. The number of nitrogens with one attached hydrogen (secondary N) is 2. The Kier molecular flexibility index (Phi) is 4.09. The molecule has 0 aliphatic carbocycles. The predicted molar refractivity (Wildman–Crippen MR) is 104 cm³/mol. The quantitative estimate of drug-likeness (QED) is 0.564. The van der Waals surface area contributed by atoms with E-state index in [0.29, 0.717) is 24.8 Å². The summed E-state index contributed by atoms with van der Waals surface area (Å²) in [5.41, 5.74) is 3.58. The molecule has 1 saturated heterocycles. The van der Waals surface area contributed by atoms with Crippen LogP contribution < -0.4 is 15.4 Å². The van der Waals surface area contributed by atoms with Crippen LogP contribution in [0, 0.1) is 0 Å². The summed E-state index contributed by atoms with van der Waals surface area (Å²) < 4.78 is 23.3. The minimum absolute atomic E-state index is 0.318. The fourth-order valence-electron chi connectivity index (χ4n) is 3.66. The zero-order valence-corrected chi connectivity index (χ0v) is 15.3. The van der Waals surface area contributed by atoms with E-state index >= 15 is 0 Å². The molecule has 144 valence electrons. The molecule has 28 heavy (non-hydrogen) atoms. The summed E-state index contributed by atoms with van der Waals surface area (Å²) in [5.74, 6) is 0.790. The molecule has 1 fully saturated rings. The zero-order valence-electron chi connectivity index (χ0n) is 15.3. The van der Waals surface area contributed by atoms with Crippen LogP contribution in [0.15, 0.2) is 43.0 Å². The lowest BCUT2D eigenvalue weighted by atomic mass is 10.1. The Bertz CT molecular complexity index is 1140. The van der Waals surface area contributed by atoms with Gasteiger partial charge in [-0.25, -0.2) is 13.9 Å². The number of alkyl halides is 1. The molecule has 0 radical (unpaired) electrons. The molecule has 2 N–H and O–H groups in total. The van der Waals surface area contributed by atoms with Crippen molar-refractivity contribution in [2.45, 2.75) is 18.6 Å². The molecular weight excluding hydrogens is 361 g/mol. The van der Waals surface area contributed by atoms with Gasteiger partial charge in [-0.3, -0.25) is 0 Å². The minimum atomic E-state index is -0.985. The Labute approximate surface area is 160 Å². The molecule has 1 aliphatic rings. The molecule has 0 amide bonds. The van der Waals surface area contributed by atoms with E-state index in [1.165, 1.54) is 0 Å². The Morgan fingerprint density at radius 3 is 3.07 bits per heavy atom. The zero-order chi connectivity index (χ0) is 19.1. The molecule has 0 spiro atoms. The smallest absolute Gasteiger partial charge is 0.244 e. The van der Waals surface area contributed by atoms with Crippen LogP contribution in [0.1, 0.15) is 6.42 Å². The fourth-order valence-corrected chi connectivity index (χ4v) is 3.66. The maximum atomic E-state index is 14.1. The van der Waals surface area contributed by atoms with Gasteiger partial charge >= 0.3 is 0 Å². The number of halogens is 1. The van der Waals surface area contributed by atoms with E-state index in [1.54, 1.807) is 17.8 Å². The first kappa shape index (κ1) is 16.9. The van der Waals surface area contributed by atoms with Crippen LogP contribution in [-0.4, -0.2) is 56.4 Å². The fraction of sp³-hybridized carbons (Fsp3) is 0.316. The Hall–Kier alpha value is -3.20. The van der Waals surface area contributed by atoms with Crippen molar-refractivity contribution in [1.29, 1.82) is 0 Å². The molecule has 0 saturated carbocycles. The van der Waals surface area contributed by atoms with Crippen LogP contribution in [-0.2, 0) is 0 Å². The second kappa shape index (κ2) is 6.75. The van der Waals surface area contributed by atoms with E-state index in [1.807, 2.05) is 41.2 Å². The molecule has 5 rings (SSSR count). The highest BCUT2D eigenvalue weighted by molar-refractivity contribution is 5.84. The van der Waals surface area contributed by atoms with Gasteiger partial charge in [-0.1, -0.05) is 0 Å². The molecular formula is C19H20FN7O. The van der Waals surface area contributed by atoms with Crippen molar-refractivity contribution in [1.82, 2.24) is 29.3 Å². The lowest BCUT2D eigenvalue weighted by molar-refractivity contribution is 0.244. The van der Waals surface area contributed by atoms with Gasteiger partial charge < -0.3 is 19.8 Å². The number of anilines is 1. The van der Waals surface area contributed by atoms with Crippen LogP contribution >= 0.6 is 0 Å². The van der Waals surface area contributed by atoms with E-state index in [-0.39, 0.29) is 6.04 Å². The van der Waals surface area contributed by atoms with Crippen molar-refractivity contribution >= 4 is 17.1 Å². The number of imidazole rings is 1. The van der Waals surface area contributed by atoms with Gasteiger partial charge in [0.1, 0.15) is 17.3 Å². The average molecular weight is 381 g/mol. The molecule has 4 aromatic heterocycles. The van der Waals surface area contributed by atoms with Crippen molar-refractivity contribution in [3.05, 3.63) is 43.0 Å². The van der Waals surface area contributed by atoms with Crippen LogP contribution in [0.5, 0.6) is 5.88 Å². The first-order valence-electron chi connectivity index (χ1n) is 9.21. The lowest BCUT2D eigenvalue weighted by Crippen LogP contribution is -2.45. The standard InChI is InChI=1S/C19H20FN7O/c1-28-18-17-13(12-2-3-16-22-7-9-26(16)11-12)5-8-27(17)25-19(24-18)23-15-4-6-21-10-14(15)20/h2-3,5,7-9,11,14-15,21H,4,6,10H2,1H3,(H,23,25)/t14-,15+/m0/s1. The summed E-state index contributed by atoms with van der Waals surface area (Å²) in [6.45, 7) is 1.10. The highest BCUT2D eigenvalue weighted by Gasteiger charge is 2.26. The Balaban J connectivity index is 1.55. The van der Waals surface area contributed by atoms with Crippen LogP contribution in [0.2, 0.25) is 0 Å². The molecule has 5 heterocycles. The van der Waals surface area contributed by atoms with Crippen molar-refractivity contribution in [3.8, 4) is 17.0 Å². The number of ether oxygens (including phenoxy) is 1. The van der Waals surface area contributed by atoms with Gasteiger partial charge in [0.2, 0.25) is 11.8 Å². The number of piperidine rings is 1. The minimum Gasteiger partial charge on any atom is -0.479 e. The number of fused-ring (bicyclic) bond motifs is 2. The number of nitrogens with zero attached hydrogens (tertiary/aromatic N) is 5. The summed E-state index contributed by atoms with van der Waals surface area (Å²) >= 11 is 0. The topological polar surface area (TPSA) is 80.8 Å². The van der Waals surface area contributed by atoms with Crippen molar-refractivity contribution in [3.63, 3.8) is 0 Å². The molecule has 8 nitrogen and oxygen atoms in total. The summed E-state index contributed by atoms with van der Waals surface area (Å²) in [6, 6.07) is 5.62. The Morgan fingerprint density at radius 1 is 1.29 bits per heavy atom. The molecule has 2 atom stereocenters. The first-order valence-corrected chi connectivity index (χ1v) is 9.21. The first-order chi connectivity index (χ1) is 13.7. The van der Waals surface area contributed by atoms with Crippen LogP contribution in [0.25, 0.3) is 22.3 Å². The maximum Gasteiger partial charge on any atom is 0.244 e. The summed E-state index contributed by atoms with van der Waals surface area (Å²) in [4.78, 5) is 8.76. The molecule has 0 aromatic carbocycles. The molecule has 4 aromatic rings. The number of methoxy groups -OCH3 is 1. The normalized spacial score (nSPS) is 19.9. The molecule has 1 aliphatic heterocycles. The largest absolute Gasteiger partial charge is 0.479 e. The van der Waals surface area contributed by atoms with E-state index in [0.717, 1.165) is 28.8 Å². The second-order valence-electron chi connectivity index (χ2n) is 6.84. The number of aromatic nitrogens is 5. The van der Waals surface area contributed by atoms with Gasteiger partial charge in [0.05, 0.1) is 13.2 Å². The maximum absolute atomic E-state index is 14.1. The summed E-state index contributed by atoms with van der Waals surface area (Å²) in [7, 11) is 1.57. The third kappa shape index (κ3) is 2.84. The monoisotopic (exact) mass is 381 g/mol. The number of pyridine rings is 1. The van der Waals surface area contributed by atoms with Gasteiger partial charge in [0, 0.05) is 42.5 Å². The molecule has 0 unspecified atom stereocenters. The SMILES string of the molecule is COc1nc(N[C@@H]2CCNC[C@@H]2F)nn2ccc(-c3ccc4nccn4c3)c12. The van der Waals surface area contributed by atoms with E-state index < -0.39 is 6.17 Å². The third-order valence-corrected chi connectivity index (χ3v) is 5.09. The molecule has 9 heteroatoms. The number of hydrogen-bond donors (Lipinski definition) is 2. The highest BCUT2D eigenvalue weighted by Crippen LogP contribution is 2.31. The van der Waals surface area contributed by atoms with E-state index in [2.05, 4.69) is 25.7 Å². The van der Waals surface area contributed by atoms with Crippen molar-refractivity contribution in [2.24, 2.45) is 0 Å². The van der Waals surface area contributed by atoms with Crippen LogP contribution in [0.4, 0.5) is 10.3 Å².